The molecule has 4 unspecified atom stereocenters. The predicted octanol–water partition coefficient (Wildman–Crippen LogP) is 4.69. The summed E-state index contributed by atoms with van der Waals surface area (Å²) in [6.45, 7) is 3.03. The first kappa shape index (κ1) is 97.0. The van der Waals surface area contributed by atoms with Gasteiger partial charge in [-0.2, -0.15) is 0 Å². The maximum absolute atomic E-state index is 12.8. The summed E-state index contributed by atoms with van der Waals surface area (Å²) < 4.78 is 42.6. The molecule has 4 aromatic carbocycles. The number of hydrogen-bond donors (Lipinski definition) is 16. The molecule has 4 atom stereocenters. The topological polar surface area (TPSA) is 512 Å². The summed E-state index contributed by atoms with van der Waals surface area (Å²) >= 11 is 5.03. The van der Waals surface area contributed by atoms with Gasteiger partial charge in [0.05, 0.1) is 79.0 Å². The molecule has 4 amide bonds. The summed E-state index contributed by atoms with van der Waals surface area (Å²) in [5, 5.41) is 142. The number of hydroxylamine groups is 10. The molecule has 36 nitrogen and oxygen atoms in total. The highest BCUT2D eigenvalue weighted by Gasteiger charge is 2.35. The van der Waals surface area contributed by atoms with E-state index in [2.05, 4.69) is 20.0 Å². The van der Waals surface area contributed by atoms with Gasteiger partial charge in [0.15, 0.2) is 0 Å². The lowest BCUT2D eigenvalue weighted by Crippen LogP contribution is -2.39. The number of amides is 4. The largest absolute Gasteiger partial charge is 0.508 e. The van der Waals surface area contributed by atoms with Gasteiger partial charge in [-0.25, -0.2) is 31.2 Å². The minimum absolute atomic E-state index is 0. The molecular formula is C65H92Cl4N10O26S4. The van der Waals surface area contributed by atoms with Crippen molar-refractivity contribution in [1.29, 1.82) is 0 Å². The average molecular weight is 1700 g/mol. The SMILES string of the molecule is Cl.Cl.Cl.Cl.O=C(C1CSC(c2ccc(O)cc2O)=N1)N(O)CCOCCOCCN(O)C(=O)C1CSC(c2ccc(O)cc2O)=N1.O=C1C2CSC(=N2)c2cc(c(O)cc2O)CCCOCCCOCCCc2cc(c(O)cc2O)C2=NC(CS2)C(=O)N(O)CCOCOCCN1O.ONCCOCOCCNO. The second kappa shape index (κ2) is 52.1. The Morgan fingerprint density at radius 2 is 0.835 bits per heavy atom. The first-order valence-electron chi connectivity index (χ1n) is 33.0. The van der Waals surface area contributed by atoms with Gasteiger partial charge in [0, 0.05) is 109 Å². The van der Waals surface area contributed by atoms with Crippen molar-refractivity contribution in [2.45, 2.75) is 56.3 Å². The standard InChI is InChI=1S/C34H44N4O12S2.C26H30N4O10S2.C5H14N2O4.4ClH/c39-27-16-29(41)23-14-21(27)4-1-8-47-10-3-11-48-9-2-5-22-15-24(30(42)17-28(22)40)32-36-26(19-52-32)34(44)38(46)7-13-50-20-49-12-6-37(45)33(43)25-18-51-31(23)35-25;31-15-1-3-17(21(33)11-15)23-27-19(13-41-23)25(35)29(37)5-7-39-9-10-40-8-6-30(38)26(36)20-14-42-24(28-20)18-4-2-16(32)12-22(18)34;8-6-1-3-10-5-11-4-2-7-9;;;;/h14-17,25-26,39-42,45-46H,1-13,18-20H2;1-4,11-12,19-20,31-34,37-38H,5-10,13-14H2;6-9H,1-5H2;4*1H. The lowest BCUT2D eigenvalue weighted by molar-refractivity contribution is -0.175. The fourth-order valence-electron chi connectivity index (χ4n) is 9.82. The van der Waals surface area contributed by atoms with E-state index in [4.69, 9.17) is 48.3 Å². The highest BCUT2D eigenvalue weighted by Crippen LogP contribution is 2.38. The Bertz CT molecular complexity index is 3410. The third-order valence-electron chi connectivity index (χ3n) is 15.3. The van der Waals surface area contributed by atoms with Gasteiger partial charge in [-0.05, 0) is 79.6 Å². The molecule has 0 aromatic heterocycles. The minimum Gasteiger partial charge on any atom is -0.508 e. The van der Waals surface area contributed by atoms with Gasteiger partial charge in [0.25, 0.3) is 23.6 Å². The van der Waals surface area contributed by atoms with Crippen molar-refractivity contribution in [3.8, 4) is 46.0 Å². The van der Waals surface area contributed by atoms with Crippen LogP contribution in [0.25, 0.3) is 0 Å². The van der Waals surface area contributed by atoms with E-state index in [-0.39, 0.29) is 187 Å². The second-order valence-corrected chi connectivity index (χ2v) is 27.0. The van der Waals surface area contributed by atoms with Crippen LogP contribution in [-0.4, -0.2) is 315 Å². The van der Waals surface area contributed by atoms with Crippen molar-refractivity contribution in [3.05, 3.63) is 94.0 Å². The summed E-state index contributed by atoms with van der Waals surface area (Å²) in [4.78, 5) is 68.0. The van der Waals surface area contributed by atoms with E-state index < -0.39 is 47.8 Å². The maximum Gasteiger partial charge on any atom is 0.271 e. The number of thioether (sulfide) groups is 4. The molecule has 5 heterocycles. The molecule has 16 N–H and O–H groups in total. The Hall–Kier alpha value is -6.24. The number of ether oxygens (including phenoxy) is 8. The molecule has 8 bridgehead atoms. The van der Waals surface area contributed by atoms with E-state index >= 15 is 0 Å². The second-order valence-electron chi connectivity index (χ2n) is 23.0. The number of phenolic OH excluding ortho intramolecular Hbond substituents is 8. The van der Waals surface area contributed by atoms with E-state index in [1.807, 2.05) is 11.0 Å². The summed E-state index contributed by atoms with van der Waals surface area (Å²) in [5.74, 6) is -2.38. The number of carbonyl (C=O) groups is 4. The van der Waals surface area contributed by atoms with E-state index in [1.54, 1.807) is 12.1 Å². The molecule has 109 heavy (non-hydrogen) atoms. The number of benzene rings is 4. The third-order valence-corrected chi connectivity index (χ3v) is 19.6. The van der Waals surface area contributed by atoms with Crippen LogP contribution in [0.1, 0.15) is 52.6 Å². The van der Waals surface area contributed by atoms with Crippen molar-refractivity contribution < 1.29 is 129 Å². The maximum atomic E-state index is 12.8. The first-order chi connectivity index (χ1) is 50.7. The average Bonchev–Trinajstić information content (AvgIpc) is 1.76. The molecule has 0 aliphatic carbocycles. The zero-order chi connectivity index (χ0) is 75.6. The number of rotatable bonds is 21. The fraction of sp³-hybridized carbons (Fsp3) is 0.508. The number of hydrogen-bond acceptors (Lipinski definition) is 36. The summed E-state index contributed by atoms with van der Waals surface area (Å²) in [6.07, 6.45) is 2.88. The number of aromatic hydroxyl groups is 8. The molecule has 610 valence electrons. The number of nitrogens with zero attached hydrogens (tertiary/aromatic N) is 8. The van der Waals surface area contributed by atoms with Crippen molar-refractivity contribution in [3.63, 3.8) is 0 Å². The zero-order valence-corrected chi connectivity index (χ0v) is 65.1. The summed E-state index contributed by atoms with van der Waals surface area (Å²) in [5.41, 5.74) is 6.63. The molecule has 5 aliphatic rings. The smallest absolute Gasteiger partial charge is 0.271 e. The molecule has 9 rings (SSSR count). The number of nitrogens with one attached hydrogen (secondary N) is 2. The van der Waals surface area contributed by atoms with Gasteiger partial charge < -0.3 is 89.2 Å². The van der Waals surface area contributed by atoms with Crippen molar-refractivity contribution >= 4 is 140 Å². The van der Waals surface area contributed by atoms with E-state index in [1.165, 1.54) is 95.6 Å². The Labute approximate surface area is 668 Å². The van der Waals surface area contributed by atoms with Crippen molar-refractivity contribution in [2.75, 3.05) is 155 Å². The number of fused-ring (bicyclic) bond motifs is 8. The zero-order valence-electron chi connectivity index (χ0n) is 58.6. The molecule has 44 heteroatoms. The minimum atomic E-state index is -0.880. The molecule has 0 spiro atoms. The van der Waals surface area contributed by atoms with Crippen LogP contribution in [0.5, 0.6) is 46.0 Å². The Kier molecular flexibility index (Phi) is 46.4. The third kappa shape index (κ3) is 31.7. The first-order valence-corrected chi connectivity index (χ1v) is 37.0. The van der Waals surface area contributed by atoms with E-state index in [0.29, 0.717) is 170 Å². The molecule has 0 radical (unpaired) electrons. The Balaban J connectivity index is 0.000000487. The van der Waals surface area contributed by atoms with E-state index in [0.717, 1.165) is 0 Å². The predicted molar refractivity (Wildman–Crippen MR) is 411 cm³/mol. The summed E-state index contributed by atoms with van der Waals surface area (Å²) in [6, 6.07) is 10.6. The molecular weight excluding hydrogens is 1610 g/mol. The van der Waals surface area contributed by atoms with Crippen LogP contribution in [0.3, 0.4) is 0 Å². The van der Waals surface area contributed by atoms with Gasteiger partial charge in [-0.3, -0.25) is 60.0 Å². The lowest BCUT2D eigenvalue weighted by atomic mass is 10.0. The van der Waals surface area contributed by atoms with Crippen molar-refractivity contribution in [1.82, 2.24) is 31.2 Å². The highest BCUT2D eigenvalue weighted by atomic mass is 35.5. The number of halogens is 4. The van der Waals surface area contributed by atoms with Gasteiger partial charge >= 0.3 is 0 Å². The van der Waals surface area contributed by atoms with Crippen LogP contribution in [0.2, 0.25) is 0 Å². The Morgan fingerprint density at radius 1 is 0.459 bits per heavy atom. The van der Waals surface area contributed by atoms with Crippen LogP contribution >= 0.6 is 96.7 Å². The molecule has 0 fully saturated rings. The molecule has 0 saturated heterocycles. The number of carbonyl (C=O) groups excluding carboxylic acids is 4. The van der Waals surface area contributed by atoms with Crippen LogP contribution in [0.4, 0.5) is 0 Å². The van der Waals surface area contributed by atoms with Gasteiger partial charge in [0.1, 0.15) is 104 Å². The van der Waals surface area contributed by atoms with Gasteiger partial charge in [0.2, 0.25) is 0 Å². The van der Waals surface area contributed by atoms with Crippen LogP contribution in [0, 0.1) is 0 Å². The van der Waals surface area contributed by atoms with Gasteiger partial charge in [-0.1, -0.05) is 0 Å². The number of aliphatic imine (C=N–C) groups is 4. The normalized spacial score (nSPS) is 18.9. The monoisotopic (exact) mass is 1700 g/mol. The fourth-order valence-corrected chi connectivity index (χ4v) is 14.1. The van der Waals surface area contributed by atoms with Crippen LogP contribution in [0.15, 0.2) is 80.6 Å². The molecule has 5 aliphatic heterocycles. The molecule has 4 aromatic rings. The quantitative estimate of drug-likeness (QED) is 0.0233. The van der Waals surface area contributed by atoms with E-state index in [9.17, 15) is 80.9 Å². The Morgan fingerprint density at radius 3 is 1.23 bits per heavy atom. The number of aryl methyl sites for hydroxylation is 2. The van der Waals surface area contributed by atoms with Crippen LogP contribution < -0.4 is 11.0 Å². The summed E-state index contributed by atoms with van der Waals surface area (Å²) in [7, 11) is 0. The lowest BCUT2D eigenvalue weighted by Gasteiger charge is -2.18. The van der Waals surface area contributed by atoms with Crippen molar-refractivity contribution in [2.24, 2.45) is 20.0 Å². The highest BCUT2D eigenvalue weighted by molar-refractivity contribution is 8.15. The molecule has 0 saturated carbocycles. The number of phenols is 8. The van der Waals surface area contributed by atoms with Crippen LogP contribution in [-0.2, 0) is 69.9 Å². The van der Waals surface area contributed by atoms with Gasteiger partial charge in [-0.15, -0.1) is 96.7 Å².